The Bertz CT molecular complexity index is 330. The van der Waals surface area contributed by atoms with Crippen molar-refractivity contribution >= 4 is 40.6 Å². The number of carboxylic acids is 1. The number of rotatable bonds is 8. The van der Waals surface area contributed by atoms with Gasteiger partial charge >= 0.3 is 11.9 Å². The molecule has 0 saturated carbocycles. The summed E-state index contributed by atoms with van der Waals surface area (Å²) >= 11 is 2.45. The van der Waals surface area contributed by atoms with Gasteiger partial charge in [-0.3, -0.25) is 9.59 Å². The van der Waals surface area contributed by atoms with E-state index in [0.717, 1.165) is 11.8 Å². The average Bonchev–Trinajstić information content (AvgIpc) is 2.30. The summed E-state index contributed by atoms with van der Waals surface area (Å²) in [5.74, 6) is -1.69. The molecule has 0 aliphatic carbocycles. The second-order valence-corrected chi connectivity index (χ2v) is 7.16. The van der Waals surface area contributed by atoms with Crippen LogP contribution in [-0.4, -0.2) is 45.0 Å². The van der Waals surface area contributed by atoms with Gasteiger partial charge in [-0.2, -0.15) is 11.8 Å². The first-order valence-electron chi connectivity index (χ1n) is 5.92. The van der Waals surface area contributed by atoms with Crippen molar-refractivity contribution in [2.24, 2.45) is 5.92 Å². The SMILES string of the molecule is CC(=O)SC[C@@H](C)C(=O)O[C@@H](CSC(C)C)C(=O)O. The molecule has 0 aliphatic heterocycles. The standard InChI is InChI=1S/C12H20O5S2/c1-7(2)18-6-10(11(14)15)17-12(16)8(3)5-19-9(4)13/h7-8,10H,5-6H2,1-4H3,(H,14,15)/t8-,10+/m1/s1. The van der Waals surface area contributed by atoms with Gasteiger partial charge in [0, 0.05) is 18.4 Å². The van der Waals surface area contributed by atoms with Crippen LogP contribution in [0.2, 0.25) is 0 Å². The first-order chi connectivity index (χ1) is 8.73. The van der Waals surface area contributed by atoms with Crippen LogP contribution in [0.5, 0.6) is 0 Å². The van der Waals surface area contributed by atoms with E-state index in [9.17, 15) is 14.4 Å². The van der Waals surface area contributed by atoms with E-state index in [-0.39, 0.29) is 16.1 Å². The molecule has 0 saturated heterocycles. The number of ether oxygens (including phenoxy) is 1. The Labute approximate surface area is 121 Å². The Morgan fingerprint density at radius 2 is 1.74 bits per heavy atom. The quantitative estimate of drug-likeness (QED) is 0.687. The molecule has 0 heterocycles. The summed E-state index contributed by atoms with van der Waals surface area (Å²) in [6.45, 7) is 6.92. The van der Waals surface area contributed by atoms with Crippen molar-refractivity contribution < 1.29 is 24.2 Å². The van der Waals surface area contributed by atoms with Crippen molar-refractivity contribution in [1.29, 1.82) is 0 Å². The molecule has 0 amide bonds. The van der Waals surface area contributed by atoms with Gasteiger partial charge in [0.25, 0.3) is 0 Å². The maximum Gasteiger partial charge on any atom is 0.345 e. The van der Waals surface area contributed by atoms with Crippen molar-refractivity contribution in [3.8, 4) is 0 Å². The molecule has 19 heavy (non-hydrogen) atoms. The topological polar surface area (TPSA) is 80.7 Å². The van der Waals surface area contributed by atoms with Crippen LogP contribution < -0.4 is 0 Å². The molecule has 0 aliphatic rings. The van der Waals surface area contributed by atoms with Crippen LogP contribution in [0.25, 0.3) is 0 Å². The molecular weight excluding hydrogens is 288 g/mol. The number of carboxylic acid groups (broad SMARTS) is 1. The largest absolute Gasteiger partial charge is 0.478 e. The Morgan fingerprint density at radius 3 is 2.16 bits per heavy atom. The highest BCUT2D eigenvalue weighted by Gasteiger charge is 2.25. The molecule has 0 spiro atoms. The van der Waals surface area contributed by atoms with Gasteiger partial charge in [-0.25, -0.2) is 4.79 Å². The molecule has 7 heteroatoms. The van der Waals surface area contributed by atoms with Gasteiger partial charge in [-0.15, -0.1) is 0 Å². The van der Waals surface area contributed by atoms with Crippen molar-refractivity contribution in [3.05, 3.63) is 0 Å². The number of hydrogen-bond donors (Lipinski definition) is 1. The minimum Gasteiger partial charge on any atom is -0.478 e. The van der Waals surface area contributed by atoms with E-state index in [1.165, 1.54) is 18.7 Å². The summed E-state index contributed by atoms with van der Waals surface area (Å²) in [5, 5.41) is 9.18. The van der Waals surface area contributed by atoms with Crippen LogP contribution in [0, 0.1) is 5.92 Å². The van der Waals surface area contributed by atoms with Crippen LogP contribution in [0.15, 0.2) is 0 Å². The molecule has 0 radical (unpaired) electrons. The first kappa shape index (κ1) is 18.3. The van der Waals surface area contributed by atoms with Crippen molar-refractivity contribution in [3.63, 3.8) is 0 Å². The lowest BCUT2D eigenvalue weighted by Crippen LogP contribution is -2.32. The maximum absolute atomic E-state index is 11.7. The minimum absolute atomic E-state index is 0.0789. The van der Waals surface area contributed by atoms with Crippen LogP contribution >= 0.6 is 23.5 Å². The zero-order valence-electron chi connectivity index (χ0n) is 11.5. The molecule has 0 bridgehead atoms. The van der Waals surface area contributed by atoms with Gasteiger partial charge in [0.05, 0.1) is 5.92 Å². The third kappa shape index (κ3) is 8.93. The Morgan fingerprint density at radius 1 is 1.16 bits per heavy atom. The molecule has 0 aromatic rings. The van der Waals surface area contributed by atoms with Crippen molar-refractivity contribution in [1.82, 2.24) is 0 Å². The van der Waals surface area contributed by atoms with Gasteiger partial charge in [0.1, 0.15) is 0 Å². The number of thioether (sulfide) groups is 2. The average molecular weight is 308 g/mol. The van der Waals surface area contributed by atoms with E-state index < -0.39 is 24.0 Å². The molecule has 0 unspecified atom stereocenters. The van der Waals surface area contributed by atoms with Crippen LogP contribution in [-0.2, 0) is 19.1 Å². The normalized spacial score (nSPS) is 13.9. The Kier molecular flexibility index (Phi) is 8.92. The van der Waals surface area contributed by atoms with Crippen LogP contribution in [0.1, 0.15) is 27.7 Å². The first-order valence-corrected chi connectivity index (χ1v) is 7.95. The summed E-state index contributed by atoms with van der Waals surface area (Å²) in [5.41, 5.74) is 0. The number of aliphatic carboxylic acids is 1. The molecular formula is C12H20O5S2. The number of carbonyl (C=O) groups is 3. The fourth-order valence-electron chi connectivity index (χ4n) is 1.00. The molecule has 2 atom stereocenters. The lowest BCUT2D eigenvalue weighted by atomic mass is 10.2. The lowest BCUT2D eigenvalue weighted by molar-refractivity contribution is -0.164. The molecule has 5 nitrogen and oxygen atoms in total. The number of esters is 1. The summed E-state index contributed by atoms with van der Waals surface area (Å²) in [6, 6.07) is 0. The highest BCUT2D eigenvalue weighted by atomic mass is 32.2. The maximum atomic E-state index is 11.7. The molecule has 110 valence electrons. The fourth-order valence-corrected chi connectivity index (χ4v) is 2.39. The number of hydrogen-bond acceptors (Lipinski definition) is 6. The third-order valence-electron chi connectivity index (χ3n) is 2.05. The van der Waals surface area contributed by atoms with E-state index in [4.69, 9.17) is 9.84 Å². The highest BCUT2D eigenvalue weighted by molar-refractivity contribution is 8.13. The Balaban J connectivity index is 4.29. The second kappa shape index (κ2) is 9.25. The zero-order valence-corrected chi connectivity index (χ0v) is 13.2. The Hall–Kier alpha value is -0.690. The van der Waals surface area contributed by atoms with E-state index in [2.05, 4.69) is 0 Å². The van der Waals surface area contributed by atoms with Crippen LogP contribution in [0.3, 0.4) is 0 Å². The predicted molar refractivity (Wildman–Crippen MR) is 77.4 cm³/mol. The van der Waals surface area contributed by atoms with Gasteiger partial charge in [0.2, 0.25) is 6.10 Å². The fraction of sp³-hybridized carbons (Fsp3) is 0.750. The van der Waals surface area contributed by atoms with Crippen molar-refractivity contribution in [2.45, 2.75) is 39.0 Å². The van der Waals surface area contributed by atoms with Crippen molar-refractivity contribution in [2.75, 3.05) is 11.5 Å². The summed E-state index contributed by atoms with van der Waals surface area (Å²) < 4.78 is 4.97. The van der Waals surface area contributed by atoms with Crippen LogP contribution in [0.4, 0.5) is 0 Å². The van der Waals surface area contributed by atoms with Gasteiger partial charge in [-0.1, -0.05) is 32.5 Å². The van der Waals surface area contributed by atoms with E-state index >= 15 is 0 Å². The molecule has 1 N–H and O–H groups in total. The minimum atomic E-state index is -1.15. The summed E-state index contributed by atoms with van der Waals surface area (Å²) in [7, 11) is 0. The van der Waals surface area contributed by atoms with Gasteiger partial charge < -0.3 is 9.84 Å². The molecule has 0 fully saturated rings. The summed E-state index contributed by atoms with van der Waals surface area (Å²) in [6.07, 6.45) is -1.13. The predicted octanol–water partition coefficient (Wildman–Crippen LogP) is 2.04. The molecule has 0 aromatic carbocycles. The smallest absolute Gasteiger partial charge is 0.345 e. The molecule has 0 rings (SSSR count). The van der Waals surface area contributed by atoms with Gasteiger partial charge in [0.15, 0.2) is 5.12 Å². The van der Waals surface area contributed by atoms with E-state index in [1.807, 2.05) is 13.8 Å². The summed E-state index contributed by atoms with van der Waals surface area (Å²) in [4.78, 5) is 33.5. The monoisotopic (exact) mass is 308 g/mol. The second-order valence-electron chi connectivity index (χ2n) is 4.35. The van der Waals surface area contributed by atoms with Gasteiger partial charge in [-0.05, 0) is 5.25 Å². The lowest BCUT2D eigenvalue weighted by Gasteiger charge is -2.17. The number of carbonyl (C=O) groups excluding carboxylic acids is 2. The van der Waals surface area contributed by atoms with E-state index in [0.29, 0.717) is 5.75 Å². The molecule has 0 aromatic heterocycles. The zero-order chi connectivity index (χ0) is 15.0. The van der Waals surface area contributed by atoms with E-state index in [1.54, 1.807) is 6.92 Å². The third-order valence-corrected chi connectivity index (χ3v) is 4.29. The highest BCUT2D eigenvalue weighted by Crippen LogP contribution is 2.16.